The van der Waals surface area contributed by atoms with Crippen molar-refractivity contribution in [3.8, 4) is 0 Å². The predicted octanol–water partition coefficient (Wildman–Crippen LogP) is 2.44. The zero-order chi connectivity index (χ0) is 9.68. The van der Waals surface area contributed by atoms with Crippen molar-refractivity contribution in [2.24, 2.45) is 0 Å². The Labute approximate surface area is 79.5 Å². The van der Waals surface area contributed by atoms with Crippen LogP contribution in [0.25, 0.3) is 0 Å². The maximum Gasteiger partial charge on any atom is 0.182 e. The third kappa shape index (κ3) is 2.83. The number of allylic oxidation sites excluding steroid dienone is 4. The second kappa shape index (κ2) is 5.00. The maximum absolute atomic E-state index is 5.16. The first-order valence-corrected chi connectivity index (χ1v) is 4.37. The standard InChI is InChI=1S/C11H16O2/c1-9-5-4-6-10(8-7-9)11(12-2)13-3/h4-6,8,11H,7H2,1-3H3. The van der Waals surface area contributed by atoms with Gasteiger partial charge in [0.2, 0.25) is 0 Å². The van der Waals surface area contributed by atoms with Gasteiger partial charge in [-0.05, 0) is 13.3 Å². The zero-order valence-corrected chi connectivity index (χ0v) is 8.41. The number of methoxy groups -OCH3 is 2. The van der Waals surface area contributed by atoms with Crippen LogP contribution in [0.3, 0.4) is 0 Å². The van der Waals surface area contributed by atoms with Gasteiger partial charge in [-0.3, -0.25) is 0 Å². The molecule has 1 aliphatic carbocycles. The molecule has 2 heteroatoms. The fourth-order valence-corrected chi connectivity index (χ4v) is 1.28. The summed E-state index contributed by atoms with van der Waals surface area (Å²) in [6, 6.07) is 0. The van der Waals surface area contributed by atoms with Gasteiger partial charge in [0, 0.05) is 19.8 Å². The van der Waals surface area contributed by atoms with Gasteiger partial charge >= 0.3 is 0 Å². The van der Waals surface area contributed by atoms with E-state index in [1.54, 1.807) is 14.2 Å². The lowest BCUT2D eigenvalue weighted by atomic mass is 10.2. The van der Waals surface area contributed by atoms with E-state index in [2.05, 4.69) is 19.1 Å². The molecule has 0 aliphatic heterocycles. The molecule has 0 N–H and O–H groups in total. The Kier molecular flexibility index (Phi) is 3.93. The van der Waals surface area contributed by atoms with E-state index in [9.17, 15) is 0 Å². The van der Waals surface area contributed by atoms with Crippen molar-refractivity contribution >= 4 is 0 Å². The van der Waals surface area contributed by atoms with E-state index >= 15 is 0 Å². The summed E-state index contributed by atoms with van der Waals surface area (Å²) in [6.07, 6.45) is 9.01. The van der Waals surface area contributed by atoms with Gasteiger partial charge < -0.3 is 9.47 Å². The molecular weight excluding hydrogens is 164 g/mol. The van der Waals surface area contributed by atoms with E-state index in [-0.39, 0.29) is 6.29 Å². The van der Waals surface area contributed by atoms with Crippen LogP contribution in [-0.4, -0.2) is 20.5 Å². The summed E-state index contributed by atoms with van der Waals surface area (Å²) in [5, 5.41) is 0. The average molecular weight is 180 g/mol. The summed E-state index contributed by atoms with van der Waals surface area (Å²) in [5.74, 6) is 0. The summed E-state index contributed by atoms with van der Waals surface area (Å²) in [4.78, 5) is 0. The van der Waals surface area contributed by atoms with Crippen molar-refractivity contribution in [1.29, 1.82) is 0 Å². The highest BCUT2D eigenvalue weighted by atomic mass is 16.7. The Hall–Kier alpha value is -0.860. The Morgan fingerprint density at radius 1 is 1.31 bits per heavy atom. The van der Waals surface area contributed by atoms with Gasteiger partial charge in [0.05, 0.1) is 0 Å². The molecule has 0 saturated heterocycles. The summed E-state index contributed by atoms with van der Waals surface area (Å²) in [6.45, 7) is 2.11. The molecular formula is C11H16O2. The van der Waals surface area contributed by atoms with E-state index in [0.29, 0.717) is 0 Å². The van der Waals surface area contributed by atoms with E-state index in [4.69, 9.17) is 9.47 Å². The predicted molar refractivity (Wildman–Crippen MR) is 53.4 cm³/mol. The third-order valence-electron chi connectivity index (χ3n) is 2.03. The first-order chi connectivity index (χ1) is 6.27. The molecule has 0 aromatic carbocycles. The molecule has 0 bridgehead atoms. The van der Waals surface area contributed by atoms with Crippen LogP contribution in [0.5, 0.6) is 0 Å². The number of rotatable bonds is 3. The van der Waals surface area contributed by atoms with Crippen molar-refractivity contribution in [1.82, 2.24) is 0 Å². The maximum atomic E-state index is 5.16. The molecule has 72 valence electrons. The van der Waals surface area contributed by atoms with E-state index in [1.165, 1.54) is 5.57 Å². The van der Waals surface area contributed by atoms with Crippen LogP contribution in [0.15, 0.2) is 35.5 Å². The lowest BCUT2D eigenvalue weighted by Gasteiger charge is -2.13. The lowest BCUT2D eigenvalue weighted by Crippen LogP contribution is -2.14. The molecule has 2 nitrogen and oxygen atoms in total. The van der Waals surface area contributed by atoms with Crippen LogP contribution < -0.4 is 0 Å². The first kappa shape index (κ1) is 10.2. The molecule has 0 unspecified atom stereocenters. The molecule has 0 amide bonds. The van der Waals surface area contributed by atoms with Gasteiger partial charge in [-0.1, -0.05) is 29.9 Å². The second-order valence-corrected chi connectivity index (χ2v) is 3.08. The highest BCUT2D eigenvalue weighted by Gasteiger charge is 2.09. The summed E-state index contributed by atoms with van der Waals surface area (Å²) in [5.41, 5.74) is 2.43. The Bertz CT molecular complexity index is 245. The summed E-state index contributed by atoms with van der Waals surface area (Å²) in [7, 11) is 3.29. The molecule has 0 spiro atoms. The van der Waals surface area contributed by atoms with Gasteiger partial charge in [0.15, 0.2) is 6.29 Å². The third-order valence-corrected chi connectivity index (χ3v) is 2.03. The Balaban J connectivity index is 2.71. The normalized spacial score (nSPS) is 16.9. The van der Waals surface area contributed by atoms with Crippen molar-refractivity contribution in [3.63, 3.8) is 0 Å². The smallest absolute Gasteiger partial charge is 0.182 e. The fraction of sp³-hybridized carbons (Fsp3) is 0.455. The number of hydrogen-bond acceptors (Lipinski definition) is 2. The molecule has 0 saturated carbocycles. The molecule has 0 fully saturated rings. The first-order valence-electron chi connectivity index (χ1n) is 4.37. The summed E-state index contributed by atoms with van der Waals surface area (Å²) < 4.78 is 10.3. The molecule has 1 rings (SSSR count). The molecule has 0 aromatic heterocycles. The zero-order valence-electron chi connectivity index (χ0n) is 8.41. The monoisotopic (exact) mass is 180 g/mol. The molecule has 1 aliphatic rings. The molecule has 0 aromatic rings. The van der Waals surface area contributed by atoms with Gasteiger partial charge in [0.25, 0.3) is 0 Å². The van der Waals surface area contributed by atoms with Crippen LogP contribution in [-0.2, 0) is 9.47 Å². The van der Waals surface area contributed by atoms with Crippen molar-refractivity contribution < 1.29 is 9.47 Å². The van der Waals surface area contributed by atoms with Crippen molar-refractivity contribution in [2.45, 2.75) is 19.6 Å². The lowest BCUT2D eigenvalue weighted by molar-refractivity contribution is -0.0726. The number of hydrogen-bond donors (Lipinski definition) is 0. The fourth-order valence-electron chi connectivity index (χ4n) is 1.28. The van der Waals surface area contributed by atoms with Gasteiger partial charge in [0.1, 0.15) is 0 Å². The molecule has 0 heterocycles. The van der Waals surface area contributed by atoms with Crippen LogP contribution in [0, 0.1) is 0 Å². The second-order valence-electron chi connectivity index (χ2n) is 3.08. The quantitative estimate of drug-likeness (QED) is 0.621. The minimum atomic E-state index is -0.240. The highest BCUT2D eigenvalue weighted by Crippen LogP contribution is 2.15. The Morgan fingerprint density at radius 3 is 2.62 bits per heavy atom. The minimum absolute atomic E-state index is 0.240. The van der Waals surface area contributed by atoms with E-state index in [0.717, 1.165) is 12.0 Å². The van der Waals surface area contributed by atoms with Crippen molar-refractivity contribution in [2.75, 3.05) is 14.2 Å². The van der Waals surface area contributed by atoms with Gasteiger partial charge in [-0.2, -0.15) is 0 Å². The van der Waals surface area contributed by atoms with Crippen LogP contribution in [0.4, 0.5) is 0 Å². The van der Waals surface area contributed by atoms with Crippen LogP contribution >= 0.6 is 0 Å². The van der Waals surface area contributed by atoms with Crippen LogP contribution in [0.2, 0.25) is 0 Å². The van der Waals surface area contributed by atoms with Gasteiger partial charge in [-0.25, -0.2) is 0 Å². The molecule has 13 heavy (non-hydrogen) atoms. The highest BCUT2D eigenvalue weighted by molar-refractivity contribution is 5.30. The molecule has 0 atom stereocenters. The SMILES string of the molecule is COC(OC)C1=CCC(C)=CC=C1. The van der Waals surface area contributed by atoms with Gasteiger partial charge in [-0.15, -0.1) is 0 Å². The topological polar surface area (TPSA) is 18.5 Å². The van der Waals surface area contributed by atoms with Crippen LogP contribution in [0.1, 0.15) is 13.3 Å². The van der Waals surface area contributed by atoms with E-state index in [1.807, 2.05) is 12.2 Å². The minimum Gasteiger partial charge on any atom is -0.352 e. The molecule has 0 radical (unpaired) electrons. The van der Waals surface area contributed by atoms with E-state index < -0.39 is 0 Å². The summed E-state index contributed by atoms with van der Waals surface area (Å²) >= 11 is 0. The average Bonchev–Trinajstić information content (AvgIpc) is 2.34. The number of ether oxygens (including phenoxy) is 2. The Morgan fingerprint density at radius 2 is 2.00 bits per heavy atom. The van der Waals surface area contributed by atoms with Crippen molar-refractivity contribution in [3.05, 3.63) is 35.5 Å². The largest absolute Gasteiger partial charge is 0.352 e.